The Kier molecular flexibility index (Phi) is 10.6. The number of benzene rings is 2. The Morgan fingerprint density at radius 3 is 2.34 bits per heavy atom. The SMILES string of the molecule is C=C1CCC(N2C(=O)c3ccc(N4CC(OCCCOCCCOC5CC(Oc6ccc(-c7cc8c(c(F)c7F)c7cnccc7n8C)cn6)C5)C4)cc3C2=O)C(=O)N1. The predicted octanol–water partition coefficient (Wildman–Crippen LogP) is 6.08. The van der Waals surface area contributed by atoms with Crippen LogP contribution in [-0.2, 0) is 26.1 Å². The molecule has 0 bridgehead atoms. The van der Waals surface area contributed by atoms with E-state index in [-0.39, 0.29) is 35.2 Å². The van der Waals surface area contributed by atoms with Crippen molar-refractivity contribution in [3.05, 3.63) is 96.1 Å². The fourth-order valence-corrected chi connectivity index (χ4v) is 8.29. The number of amides is 3. The topological polar surface area (TPSA) is 137 Å². The van der Waals surface area contributed by atoms with Gasteiger partial charge in [0.15, 0.2) is 11.6 Å². The third kappa shape index (κ3) is 7.42. The van der Waals surface area contributed by atoms with Gasteiger partial charge in [0, 0.05) is 117 Å². The second-order valence-electron chi connectivity index (χ2n) is 15.6. The van der Waals surface area contributed by atoms with Crippen LogP contribution in [0.4, 0.5) is 14.5 Å². The van der Waals surface area contributed by atoms with Crippen LogP contribution in [-0.4, -0.2) is 101 Å². The van der Waals surface area contributed by atoms with Crippen molar-refractivity contribution in [1.29, 1.82) is 0 Å². The molecule has 9 rings (SSSR count). The first-order chi connectivity index (χ1) is 28.6. The van der Waals surface area contributed by atoms with E-state index in [4.69, 9.17) is 18.9 Å². The van der Waals surface area contributed by atoms with E-state index in [1.807, 2.05) is 17.7 Å². The maximum absolute atomic E-state index is 15.3. The highest BCUT2D eigenvalue weighted by molar-refractivity contribution is 6.23. The molecule has 0 spiro atoms. The van der Waals surface area contributed by atoms with Gasteiger partial charge in [-0.15, -0.1) is 0 Å². The van der Waals surface area contributed by atoms with E-state index in [0.29, 0.717) is 91.5 Å². The summed E-state index contributed by atoms with van der Waals surface area (Å²) in [4.78, 5) is 50.3. The van der Waals surface area contributed by atoms with Gasteiger partial charge in [0.05, 0.1) is 34.4 Å². The van der Waals surface area contributed by atoms with Crippen LogP contribution >= 0.6 is 0 Å². The summed E-state index contributed by atoms with van der Waals surface area (Å²) in [5.41, 5.74) is 4.01. The molecule has 13 nitrogen and oxygen atoms in total. The van der Waals surface area contributed by atoms with Crippen LogP contribution in [0, 0.1) is 11.6 Å². The van der Waals surface area contributed by atoms with Gasteiger partial charge in [0.2, 0.25) is 11.8 Å². The van der Waals surface area contributed by atoms with Gasteiger partial charge in [-0.1, -0.05) is 6.58 Å². The Balaban J connectivity index is 0.630. The van der Waals surface area contributed by atoms with Crippen molar-refractivity contribution in [2.45, 2.75) is 62.9 Å². The number of pyridine rings is 2. The molecule has 1 atom stereocenters. The number of aryl methyl sites for hydroxylation is 1. The van der Waals surface area contributed by atoms with Crippen LogP contribution in [0.25, 0.3) is 32.9 Å². The lowest BCUT2D eigenvalue weighted by Crippen LogP contribution is -2.52. The van der Waals surface area contributed by atoms with Crippen molar-refractivity contribution >= 4 is 45.2 Å². The lowest BCUT2D eigenvalue weighted by Gasteiger charge is -2.40. The number of ether oxygens (including phenoxy) is 4. The van der Waals surface area contributed by atoms with E-state index in [1.54, 1.807) is 48.8 Å². The van der Waals surface area contributed by atoms with E-state index < -0.39 is 29.5 Å². The Morgan fingerprint density at radius 2 is 1.59 bits per heavy atom. The number of nitrogens with zero attached hydrogens (tertiary/aromatic N) is 5. The number of nitrogens with one attached hydrogen (secondary N) is 1. The fraction of sp³-hybridized carbons (Fsp3) is 0.386. The second kappa shape index (κ2) is 16.1. The molecule has 59 heavy (non-hydrogen) atoms. The molecule has 6 heterocycles. The van der Waals surface area contributed by atoms with Gasteiger partial charge in [0.25, 0.3) is 11.8 Å². The molecule has 306 valence electrons. The van der Waals surface area contributed by atoms with Gasteiger partial charge < -0.3 is 33.7 Å². The zero-order valence-electron chi connectivity index (χ0n) is 32.6. The highest BCUT2D eigenvalue weighted by Gasteiger charge is 2.44. The Morgan fingerprint density at radius 1 is 0.831 bits per heavy atom. The number of anilines is 1. The summed E-state index contributed by atoms with van der Waals surface area (Å²) in [5.74, 6) is -2.66. The summed E-state index contributed by atoms with van der Waals surface area (Å²) < 4.78 is 56.1. The molecule has 3 fully saturated rings. The molecule has 15 heteroatoms. The third-order valence-electron chi connectivity index (χ3n) is 11.7. The van der Waals surface area contributed by atoms with E-state index in [9.17, 15) is 14.4 Å². The normalized spacial score (nSPS) is 20.6. The molecule has 1 N–H and O–H groups in total. The number of rotatable bonds is 15. The second-order valence-corrected chi connectivity index (χ2v) is 15.6. The molecule has 1 aliphatic carbocycles. The zero-order chi connectivity index (χ0) is 40.8. The lowest BCUT2D eigenvalue weighted by molar-refractivity contribution is -0.125. The van der Waals surface area contributed by atoms with Gasteiger partial charge >= 0.3 is 0 Å². The highest BCUT2D eigenvalue weighted by atomic mass is 19.2. The highest BCUT2D eigenvalue weighted by Crippen LogP contribution is 2.37. The maximum Gasteiger partial charge on any atom is 0.262 e. The van der Waals surface area contributed by atoms with Gasteiger partial charge in [-0.2, -0.15) is 0 Å². The Hall–Kier alpha value is -5.77. The molecule has 3 aromatic heterocycles. The number of allylic oxidation sites excluding steroid dienone is 1. The first kappa shape index (κ1) is 38.7. The number of halogens is 2. The number of carbonyl (C=O) groups is 3. The molecule has 4 aliphatic rings. The summed E-state index contributed by atoms with van der Waals surface area (Å²) >= 11 is 0. The molecule has 2 aromatic carbocycles. The number of imide groups is 1. The molecular formula is C44H44F2N6O7. The molecule has 1 saturated carbocycles. The minimum absolute atomic E-state index is 0.0275. The standard InChI is InChI=1S/C44H44F2N6O7/c1-25-5-9-36(42(53)49-25)52-43(54)31-8-7-27(17-33(31)44(52)55)51-23-30(24-51)58-16-4-14-56-13-3-15-57-28-18-29(19-28)59-38-10-6-26(21-48-38)32-20-37-39(41(46)40(32)45)34-22-47-12-11-35(34)50(37)2/h6-8,10-12,17,20-22,28-30,36H,1,3-5,9,13-16,18-19,23-24H2,2H3,(H,49,53). The number of hydrogen-bond acceptors (Lipinski definition) is 10. The number of fused-ring (bicyclic) bond motifs is 4. The molecule has 3 aliphatic heterocycles. The summed E-state index contributed by atoms with van der Waals surface area (Å²) in [5, 5.41) is 3.43. The van der Waals surface area contributed by atoms with Gasteiger partial charge in [-0.05, 0) is 62.1 Å². The number of carbonyl (C=O) groups excluding carboxylic acids is 3. The fourth-order valence-electron chi connectivity index (χ4n) is 8.29. The summed E-state index contributed by atoms with van der Waals surface area (Å²) in [6, 6.07) is 11.2. The molecule has 1 unspecified atom stereocenters. The molecule has 3 amide bonds. The van der Waals surface area contributed by atoms with Gasteiger partial charge in [0.1, 0.15) is 12.1 Å². The summed E-state index contributed by atoms with van der Waals surface area (Å²) in [7, 11) is 1.82. The van der Waals surface area contributed by atoms with Gasteiger partial charge in [-0.25, -0.2) is 13.8 Å². The predicted molar refractivity (Wildman–Crippen MR) is 214 cm³/mol. The number of piperidine rings is 1. The maximum atomic E-state index is 15.3. The van der Waals surface area contributed by atoms with Crippen LogP contribution < -0.4 is 15.0 Å². The summed E-state index contributed by atoms with van der Waals surface area (Å²) in [6.45, 7) is 7.47. The van der Waals surface area contributed by atoms with E-state index in [2.05, 4.69) is 26.8 Å². The largest absolute Gasteiger partial charge is 0.474 e. The zero-order valence-corrected chi connectivity index (χ0v) is 32.6. The minimum atomic E-state index is -0.926. The van der Waals surface area contributed by atoms with E-state index >= 15 is 8.78 Å². The lowest BCUT2D eigenvalue weighted by atomic mass is 9.92. The van der Waals surface area contributed by atoms with Crippen molar-refractivity contribution in [1.82, 2.24) is 24.8 Å². The average molecular weight is 807 g/mol. The third-order valence-corrected chi connectivity index (χ3v) is 11.7. The van der Waals surface area contributed by atoms with Crippen LogP contribution in [0.15, 0.2) is 73.3 Å². The van der Waals surface area contributed by atoms with E-state index in [0.717, 1.165) is 41.8 Å². The minimum Gasteiger partial charge on any atom is -0.474 e. The monoisotopic (exact) mass is 806 g/mol. The van der Waals surface area contributed by atoms with Crippen LogP contribution in [0.1, 0.15) is 59.2 Å². The van der Waals surface area contributed by atoms with E-state index in [1.165, 1.54) is 6.20 Å². The Labute approximate surface area is 338 Å². The van der Waals surface area contributed by atoms with Crippen molar-refractivity contribution < 1.29 is 42.1 Å². The van der Waals surface area contributed by atoms with Crippen molar-refractivity contribution in [3.63, 3.8) is 0 Å². The average Bonchev–Trinajstić information content (AvgIpc) is 3.63. The van der Waals surface area contributed by atoms with Crippen molar-refractivity contribution in [3.8, 4) is 17.0 Å². The number of aromatic nitrogens is 3. The molecule has 0 radical (unpaired) electrons. The van der Waals surface area contributed by atoms with Crippen LogP contribution in [0.5, 0.6) is 5.88 Å². The van der Waals surface area contributed by atoms with Gasteiger partial charge in [-0.3, -0.25) is 24.3 Å². The number of hydrogen-bond donors (Lipinski definition) is 1. The summed E-state index contributed by atoms with van der Waals surface area (Å²) in [6.07, 6.45) is 8.75. The molecule has 2 saturated heterocycles. The first-order valence-electron chi connectivity index (χ1n) is 20.0. The molecular weight excluding hydrogens is 763 g/mol. The molecule has 5 aromatic rings. The quantitative estimate of drug-likeness (QED) is 0.0979. The van der Waals surface area contributed by atoms with Crippen LogP contribution in [0.2, 0.25) is 0 Å². The van der Waals surface area contributed by atoms with Crippen molar-refractivity contribution in [2.75, 3.05) is 44.4 Å². The first-order valence-corrected chi connectivity index (χ1v) is 20.0. The smallest absolute Gasteiger partial charge is 0.262 e. The van der Waals surface area contributed by atoms with Crippen molar-refractivity contribution in [2.24, 2.45) is 7.05 Å². The Bertz CT molecular complexity index is 2460. The van der Waals surface area contributed by atoms with Crippen LogP contribution in [0.3, 0.4) is 0 Å².